The van der Waals surface area contributed by atoms with Crippen molar-refractivity contribution in [3.05, 3.63) is 65.9 Å². The number of para-hydroxylation sites is 1. The second kappa shape index (κ2) is 15.9. The molecule has 0 spiro atoms. The van der Waals surface area contributed by atoms with E-state index in [0.29, 0.717) is 5.56 Å². The number of amides is 4. The summed E-state index contributed by atoms with van der Waals surface area (Å²) in [6.45, 7) is 0. The molecule has 0 saturated heterocycles. The van der Waals surface area contributed by atoms with Crippen molar-refractivity contribution in [1.82, 2.24) is 20.9 Å². The minimum Gasteiger partial charge on any atom is -0.508 e. The SMILES string of the molecule is NC(=O)CCC(NC(=O)C(CCC(=O)O)NC(=O)C(Cc1ccc(O)cc1)NC(=O)C(N)Cc1c[nH]c2ccccc12)C(=O)O. The van der Waals surface area contributed by atoms with Gasteiger partial charge in [0.1, 0.15) is 23.9 Å². The van der Waals surface area contributed by atoms with Gasteiger partial charge in [0.15, 0.2) is 0 Å². The number of H-pyrrole nitrogens is 1. The summed E-state index contributed by atoms with van der Waals surface area (Å²) in [4.78, 5) is 76.9. The maximum atomic E-state index is 13.5. The highest BCUT2D eigenvalue weighted by Gasteiger charge is 2.31. The number of hydrogen-bond donors (Lipinski definition) is 9. The monoisotopic (exact) mass is 624 g/mol. The highest BCUT2D eigenvalue weighted by molar-refractivity contribution is 5.95. The Morgan fingerprint density at radius 1 is 0.756 bits per heavy atom. The molecule has 3 aromatic rings. The number of aliphatic carboxylic acids is 2. The van der Waals surface area contributed by atoms with Crippen LogP contribution >= 0.6 is 0 Å². The molecular formula is C30H36N6O9. The van der Waals surface area contributed by atoms with Gasteiger partial charge in [-0.05, 0) is 48.6 Å². The normalized spacial score (nSPS) is 13.6. The van der Waals surface area contributed by atoms with Crippen LogP contribution in [0.4, 0.5) is 0 Å². The summed E-state index contributed by atoms with van der Waals surface area (Å²) in [5, 5.41) is 36.4. The highest BCUT2D eigenvalue weighted by Crippen LogP contribution is 2.19. The van der Waals surface area contributed by atoms with Crippen LogP contribution in [0.2, 0.25) is 0 Å². The molecule has 0 bridgehead atoms. The minimum absolute atomic E-state index is 0.0285. The van der Waals surface area contributed by atoms with Crippen molar-refractivity contribution in [1.29, 1.82) is 0 Å². The van der Waals surface area contributed by atoms with Gasteiger partial charge in [-0.15, -0.1) is 0 Å². The van der Waals surface area contributed by atoms with E-state index in [1.165, 1.54) is 24.3 Å². The fraction of sp³-hybridized carbons (Fsp3) is 0.333. The zero-order valence-corrected chi connectivity index (χ0v) is 24.2. The molecule has 0 fully saturated rings. The average Bonchev–Trinajstić information content (AvgIpc) is 3.39. The predicted octanol–water partition coefficient (Wildman–Crippen LogP) is -0.345. The van der Waals surface area contributed by atoms with E-state index in [0.717, 1.165) is 16.5 Å². The van der Waals surface area contributed by atoms with Crippen molar-refractivity contribution >= 4 is 46.5 Å². The maximum Gasteiger partial charge on any atom is 0.326 e. The second-order valence-corrected chi connectivity index (χ2v) is 10.5. The first-order valence-electron chi connectivity index (χ1n) is 14.1. The Kier molecular flexibility index (Phi) is 12.0. The number of fused-ring (bicyclic) bond motifs is 1. The Morgan fingerprint density at radius 3 is 2.00 bits per heavy atom. The van der Waals surface area contributed by atoms with Crippen molar-refractivity contribution < 1.29 is 44.1 Å². The van der Waals surface area contributed by atoms with E-state index in [1.54, 1.807) is 6.20 Å². The van der Waals surface area contributed by atoms with Crippen LogP contribution in [0, 0.1) is 0 Å². The molecule has 2 aromatic carbocycles. The number of carbonyl (C=O) groups is 6. The van der Waals surface area contributed by atoms with Crippen molar-refractivity contribution in [2.45, 2.75) is 62.7 Å². The van der Waals surface area contributed by atoms with Crippen LogP contribution in [0.3, 0.4) is 0 Å². The zero-order valence-electron chi connectivity index (χ0n) is 24.2. The lowest BCUT2D eigenvalue weighted by Crippen LogP contribution is -2.57. The molecule has 11 N–H and O–H groups in total. The van der Waals surface area contributed by atoms with Crippen LogP contribution in [-0.4, -0.2) is 80.0 Å². The molecule has 0 radical (unpaired) electrons. The molecule has 0 aliphatic carbocycles. The summed E-state index contributed by atoms with van der Waals surface area (Å²) in [5.41, 5.74) is 13.5. The summed E-state index contributed by atoms with van der Waals surface area (Å²) < 4.78 is 0. The third-order valence-corrected chi connectivity index (χ3v) is 7.03. The standard InChI is InChI=1S/C30H36N6O9/c31-20(14-17-15-33-21-4-2-1-3-19(17)21)27(41)36-24(13-16-5-7-18(37)8-6-16)29(43)34-22(10-12-26(39)40)28(42)35-23(30(44)45)9-11-25(32)38/h1-8,15,20,22-24,33,37H,9-14,31H2,(H2,32,38)(H,34,43)(H,35,42)(H,36,41)(H,39,40)(H,44,45). The molecule has 1 aromatic heterocycles. The third kappa shape index (κ3) is 10.4. The smallest absolute Gasteiger partial charge is 0.326 e. The summed E-state index contributed by atoms with van der Waals surface area (Å²) in [7, 11) is 0. The number of phenolic OH excluding ortho intramolecular Hbond substituents is 1. The number of carboxylic acids is 2. The molecule has 0 aliphatic rings. The van der Waals surface area contributed by atoms with Crippen LogP contribution < -0.4 is 27.4 Å². The van der Waals surface area contributed by atoms with Crippen LogP contribution in [0.5, 0.6) is 5.75 Å². The molecule has 45 heavy (non-hydrogen) atoms. The Bertz CT molecular complexity index is 1540. The lowest BCUT2D eigenvalue weighted by Gasteiger charge is -2.25. The van der Waals surface area contributed by atoms with Gasteiger partial charge in [0.25, 0.3) is 0 Å². The van der Waals surface area contributed by atoms with E-state index in [2.05, 4.69) is 20.9 Å². The predicted molar refractivity (Wildman–Crippen MR) is 161 cm³/mol. The summed E-state index contributed by atoms with van der Waals surface area (Å²) >= 11 is 0. The fourth-order valence-electron chi connectivity index (χ4n) is 4.61. The lowest BCUT2D eigenvalue weighted by molar-refractivity contribution is -0.143. The topological polar surface area (TPSA) is 267 Å². The number of primary amides is 1. The summed E-state index contributed by atoms with van der Waals surface area (Å²) in [6.07, 6.45) is 0.137. The van der Waals surface area contributed by atoms with E-state index in [1.807, 2.05) is 24.3 Å². The van der Waals surface area contributed by atoms with Gasteiger partial charge in [-0.3, -0.25) is 24.0 Å². The largest absolute Gasteiger partial charge is 0.508 e. The van der Waals surface area contributed by atoms with E-state index < -0.39 is 72.6 Å². The van der Waals surface area contributed by atoms with Gasteiger partial charge in [0, 0.05) is 36.4 Å². The average molecular weight is 625 g/mol. The molecule has 0 aliphatic heterocycles. The van der Waals surface area contributed by atoms with Crippen LogP contribution in [0.15, 0.2) is 54.7 Å². The fourth-order valence-corrected chi connectivity index (χ4v) is 4.61. The number of carbonyl (C=O) groups excluding carboxylic acids is 4. The number of aromatic amines is 1. The molecule has 240 valence electrons. The zero-order chi connectivity index (χ0) is 33.1. The number of aromatic nitrogens is 1. The molecule has 1 heterocycles. The quantitative estimate of drug-likeness (QED) is 0.0942. The molecule has 4 atom stereocenters. The number of hydrogen-bond acceptors (Lipinski definition) is 8. The molecule has 0 saturated carbocycles. The third-order valence-electron chi connectivity index (χ3n) is 7.03. The lowest BCUT2D eigenvalue weighted by atomic mass is 10.0. The molecule has 4 amide bonds. The Balaban J connectivity index is 1.80. The van der Waals surface area contributed by atoms with Crippen LogP contribution in [-0.2, 0) is 41.6 Å². The Morgan fingerprint density at radius 2 is 1.36 bits per heavy atom. The van der Waals surface area contributed by atoms with Gasteiger partial charge in [0.05, 0.1) is 6.04 Å². The van der Waals surface area contributed by atoms with Crippen LogP contribution in [0.25, 0.3) is 10.9 Å². The number of nitrogens with two attached hydrogens (primary N) is 2. The number of carboxylic acid groups (broad SMARTS) is 2. The minimum atomic E-state index is -1.54. The number of benzene rings is 2. The van der Waals surface area contributed by atoms with E-state index in [9.17, 15) is 44.1 Å². The number of aromatic hydroxyl groups is 1. The molecule has 3 rings (SSSR count). The van der Waals surface area contributed by atoms with E-state index in [-0.39, 0.29) is 31.4 Å². The van der Waals surface area contributed by atoms with E-state index in [4.69, 9.17) is 11.5 Å². The van der Waals surface area contributed by atoms with Crippen molar-refractivity contribution in [2.75, 3.05) is 0 Å². The second-order valence-electron chi connectivity index (χ2n) is 10.5. The molecule has 4 unspecified atom stereocenters. The molecular weight excluding hydrogens is 588 g/mol. The van der Waals surface area contributed by atoms with Crippen molar-refractivity contribution in [3.63, 3.8) is 0 Å². The Hall–Kier alpha value is -5.44. The van der Waals surface area contributed by atoms with Crippen molar-refractivity contribution in [2.24, 2.45) is 11.5 Å². The first-order chi connectivity index (χ1) is 21.3. The first kappa shape index (κ1) is 34.1. The Labute approximate surface area is 257 Å². The van der Waals surface area contributed by atoms with Gasteiger partial charge in [-0.1, -0.05) is 30.3 Å². The van der Waals surface area contributed by atoms with Gasteiger partial charge in [-0.2, -0.15) is 0 Å². The van der Waals surface area contributed by atoms with Crippen LogP contribution in [0.1, 0.15) is 36.8 Å². The first-order valence-corrected chi connectivity index (χ1v) is 14.1. The summed E-state index contributed by atoms with van der Waals surface area (Å²) in [6, 6.07) is 7.84. The summed E-state index contributed by atoms with van der Waals surface area (Å²) in [5.74, 6) is -6.11. The van der Waals surface area contributed by atoms with Gasteiger partial charge in [0.2, 0.25) is 23.6 Å². The van der Waals surface area contributed by atoms with Gasteiger partial charge >= 0.3 is 11.9 Å². The maximum absolute atomic E-state index is 13.5. The number of nitrogens with one attached hydrogen (secondary N) is 4. The van der Waals surface area contributed by atoms with Crippen molar-refractivity contribution in [3.8, 4) is 5.75 Å². The molecule has 15 nitrogen and oxygen atoms in total. The van der Waals surface area contributed by atoms with Gasteiger partial charge < -0.3 is 47.7 Å². The van der Waals surface area contributed by atoms with E-state index >= 15 is 0 Å². The highest BCUT2D eigenvalue weighted by atomic mass is 16.4. The molecule has 15 heteroatoms. The number of phenols is 1. The number of rotatable bonds is 17. The van der Waals surface area contributed by atoms with Gasteiger partial charge in [-0.25, -0.2) is 4.79 Å².